The monoisotopic (exact) mass is 480 g/mol. The fraction of sp³-hybridized carbons (Fsp3) is 0.536. The molecule has 7 heteroatoms. The van der Waals surface area contributed by atoms with Crippen LogP contribution in [0.25, 0.3) is 10.8 Å². The smallest absolute Gasteiger partial charge is 0.243 e. The van der Waals surface area contributed by atoms with E-state index in [4.69, 9.17) is 0 Å². The molecule has 2 unspecified atom stereocenters. The second-order valence-corrected chi connectivity index (χ2v) is 9.40. The Balaban J connectivity index is 1.75. The molecular weight excluding hydrogens is 440 g/mol. The summed E-state index contributed by atoms with van der Waals surface area (Å²) in [6.45, 7) is 5.95. The van der Waals surface area contributed by atoms with Crippen LogP contribution < -0.4 is 16.0 Å². The van der Waals surface area contributed by atoms with E-state index in [1.807, 2.05) is 51.2 Å². The third-order valence-corrected chi connectivity index (χ3v) is 6.96. The zero-order chi connectivity index (χ0) is 25.2. The maximum atomic E-state index is 13.4. The molecule has 1 aliphatic rings. The van der Waals surface area contributed by atoms with E-state index >= 15 is 0 Å². The topological polar surface area (TPSA) is 90.5 Å². The van der Waals surface area contributed by atoms with E-state index in [0.717, 1.165) is 48.6 Å². The molecule has 0 radical (unpaired) electrons. The van der Waals surface area contributed by atoms with Gasteiger partial charge in [-0.05, 0) is 62.0 Å². The van der Waals surface area contributed by atoms with Crippen LogP contribution in [0, 0.1) is 5.92 Å². The summed E-state index contributed by atoms with van der Waals surface area (Å²) in [4.78, 5) is 41.2. The molecule has 3 amide bonds. The quantitative estimate of drug-likeness (QED) is 0.408. The van der Waals surface area contributed by atoms with Crippen molar-refractivity contribution in [1.82, 2.24) is 20.9 Å². The van der Waals surface area contributed by atoms with Crippen molar-refractivity contribution < 1.29 is 14.4 Å². The van der Waals surface area contributed by atoms with Crippen molar-refractivity contribution >= 4 is 28.5 Å². The normalized spacial score (nSPS) is 16.5. The Morgan fingerprint density at radius 2 is 1.77 bits per heavy atom. The average molecular weight is 481 g/mol. The first-order chi connectivity index (χ1) is 17.0. The van der Waals surface area contributed by atoms with Crippen LogP contribution in [0.15, 0.2) is 42.5 Å². The molecule has 2 aromatic rings. The van der Waals surface area contributed by atoms with Crippen LogP contribution in [-0.2, 0) is 20.8 Å². The molecule has 0 aromatic heterocycles. The SMILES string of the molecule is CCC(CC)C(=O)N1CCCC1C(=O)NC(Cc1ccc2ccccc2c1)C(=O)NCCCNC. The van der Waals surface area contributed by atoms with E-state index in [1.165, 1.54) is 0 Å². The number of carbonyl (C=O) groups is 3. The lowest BCUT2D eigenvalue weighted by Gasteiger charge is -2.29. The van der Waals surface area contributed by atoms with Gasteiger partial charge in [-0.3, -0.25) is 14.4 Å². The number of rotatable bonds is 12. The molecule has 1 fully saturated rings. The third kappa shape index (κ3) is 7.04. The van der Waals surface area contributed by atoms with Crippen molar-refractivity contribution in [2.75, 3.05) is 26.7 Å². The molecule has 0 bridgehead atoms. The van der Waals surface area contributed by atoms with E-state index in [1.54, 1.807) is 4.90 Å². The predicted octanol–water partition coefficient (Wildman–Crippen LogP) is 3.02. The molecule has 2 aromatic carbocycles. The highest BCUT2D eigenvalue weighted by Crippen LogP contribution is 2.23. The van der Waals surface area contributed by atoms with E-state index in [2.05, 4.69) is 28.1 Å². The molecule has 1 aliphatic heterocycles. The molecule has 0 spiro atoms. The van der Waals surface area contributed by atoms with Crippen molar-refractivity contribution in [3.8, 4) is 0 Å². The van der Waals surface area contributed by atoms with Crippen LogP contribution >= 0.6 is 0 Å². The Bertz CT molecular complexity index is 1000. The van der Waals surface area contributed by atoms with Gasteiger partial charge in [0.15, 0.2) is 0 Å². The van der Waals surface area contributed by atoms with E-state index in [0.29, 0.717) is 25.9 Å². The average Bonchev–Trinajstić information content (AvgIpc) is 3.37. The molecule has 0 aliphatic carbocycles. The number of hydrogen-bond acceptors (Lipinski definition) is 4. The maximum Gasteiger partial charge on any atom is 0.243 e. The van der Waals surface area contributed by atoms with Crippen LogP contribution in [0.5, 0.6) is 0 Å². The van der Waals surface area contributed by atoms with Gasteiger partial charge in [-0.25, -0.2) is 0 Å². The number of carbonyl (C=O) groups excluding carboxylic acids is 3. The van der Waals surface area contributed by atoms with Crippen molar-refractivity contribution in [2.24, 2.45) is 5.92 Å². The molecular formula is C28H40N4O3. The van der Waals surface area contributed by atoms with Crippen LogP contribution in [0.2, 0.25) is 0 Å². The highest BCUT2D eigenvalue weighted by molar-refractivity contribution is 5.93. The van der Waals surface area contributed by atoms with Gasteiger partial charge in [0.05, 0.1) is 0 Å². The Morgan fingerprint density at radius 1 is 1.03 bits per heavy atom. The van der Waals surface area contributed by atoms with Crippen molar-refractivity contribution in [1.29, 1.82) is 0 Å². The number of nitrogens with one attached hydrogen (secondary N) is 3. The Labute approximate surface area is 209 Å². The lowest BCUT2D eigenvalue weighted by atomic mass is 10.00. The number of nitrogens with zero attached hydrogens (tertiary/aromatic N) is 1. The van der Waals surface area contributed by atoms with Gasteiger partial charge in [0.2, 0.25) is 17.7 Å². The first kappa shape index (κ1) is 26.7. The van der Waals surface area contributed by atoms with Gasteiger partial charge in [-0.15, -0.1) is 0 Å². The second kappa shape index (κ2) is 13.2. The number of likely N-dealkylation sites (tertiary alicyclic amines) is 1. The van der Waals surface area contributed by atoms with E-state index in [9.17, 15) is 14.4 Å². The summed E-state index contributed by atoms with van der Waals surface area (Å²) in [7, 11) is 1.88. The lowest BCUT2D eigenvalue weighted by Crippen LogP contribution is -2.54. The maximum absolute atomic E-state index is 13.4. The van der Waals surface area contributed by atoms with Crippen molar-refractivity contribution in [3.05, 3.63) is 48.0 Å². The predicted molar refractivity (Wildman–Crippen MR) is 140 cm³/mol. The Kier molecular flexibility index (Phi) is 10.1. The van der Waals surface area contributed by atoms with Gasteiger partial charge in [-0.1, -0.05) is 56.3 Å². The minimum atomic E-state index is -0.705. The van der Waals surface area contributed by atoms with E-state index in [-0.39, 0.29) is 23.6 Å². The number of benzene rings is 2. The summed E-state index contributed by atoms with van der Waals surface area (Å²) >= 11 is 0. The molecule has 2 atom stereocenters. The van der Waals surface area contributed by atoms with Crippen molar-refractivity contribution in [2.45, 2.75) is 64.5 Å². The van der Waals surface area contributed by atoms with Gasteiger partial charge in [-0.2, -0.15) is 0 Å². The van der Waals surface area contributed by atoms with E-state index < -0.39 is 12.1 Å². The van der Waals surface area contributed by atoms with Crippen molar-refractivity contribution in [3.63, 3.8) is 0 Å². The summed E-state index contributed by atoms with van der Waals surface area (Å²) < 4.78 is 0. The lowest BCUT2D eigenvalue weighted by molar-refractivity contribution is -0.142. The molecule has 3 N–H and O–H groups in total. The summed E-state index contributed by atoms with van der Waals surface area (Å²) in [5.41, 5.74) is 0.982. The largest absolute Gasteiger partial charge is 0.354 e. The van der Waals surface area contributed by atoms with Gasteiger partial charge in [0.1, 0.15) is 12.1 Å². The minimum Gasteiger partial charge on any atom is -0.354 e. The fourth-order valence-corrected chi connectivity index (χ4v) is 4.85. The minimum absolute atomic E-state index is 0.0512. The summed E-state index contributed by atoms with van der Waals surface area (Å²) in [6, 6.07) is 13.0. The fourth-order valence-electron chi connectivity index (χ4n) is 4.85. The highest BCUT2D eigenvalue weighted by Gasteiger charge is 2.37. The standard InChI is InChI=1S/C28H40N4O3/c1-4-21(5-2)28(35)32-17-8-12-25(32)27(34)31-24(26(33)30-16-9-15-29-3)19-20-13-14-22-10-6-7-11-23(22)18-20/h6-7,10-11,13-14,18,21,24-25,29H,4-5,8-9,12,15-17,19H2,1-3H3,(H,30,33)(H,31,34). The summed E-state index contributed by atoms with van der Waals surface area (Å²) in [5, 5.41) is 11.3. The van der Waals surface area contributed by atoms with Gasteiger partial charge < -0.3 is 20.9 Å². The first-order valence-electron chi connectivity index (χ1n) is 13.0. The number of fused-ring (bicyclic) bond motifs is 1. The first-order valence-corrected chi connectivity index (χ1v) is 13.0. The molecule has 1 saturated heterocycles. The van der Waals surface area contributed by atoms with Crippen LogP contribution in [-0.4, -0.2) is 61.4 Å². The molecule has 190 valence electrons. The second-order valence-electron chi connectivity index (χ2n) is 9.40. The molecule has 7 nitrogen and oxygen atoms in total. The van der Waals surface area contributed by atoms with Crippen LogP contribution in [0.3, 0.4) is 0 Å². The zero-order valence-corrected chi connectivity index (χ0v) is 21.3. The van der Waals surface area contributed by atoms with Gasteiger partial charge >= 0.3 is 0 Å². The van der Waals surface area contributed by atoms with Crippen LogP contribution in [0.4, 0.5) is 0 Å². The molecule has 1 heterocycles. The molecule has 3 rings (SSSR count). The Hall–Kier alpha value is -2.93. The number of hydrogen-bond donors (Lipinski definition) is 3. The molecule has 35 heavy (non-hydrogen) atoms. The zero-order valence-electron chi connectivity index (χ0n) is 21.3. The third-order valence-electron chi connectivity index (χ3n) is 6.96. The summed E-state index contributed by atoms with van der Waals surface area (Å²) in [5.74, 6) is -0.445. The highest BCUT2D eigenvalue weighted by atomic mass is 16.2. The van der Waals surface area contributed by atoms with Gasteiger partial charge in [0.25, 0.3) is 0 Å². The van der Waals surface area contributed by atoms with Crippen LogP contribution in [0.1, 0.15) is 51.5 Å². The Morgan fingerprint density at radius 3 is 2.49 bits per heavy atom. The number of amides is 3. The van der Waals surface area contributed by atoms with Gasteiger partial charge in [0, 0.05) is 25.4 Å². The summed E-state index contributed by atoms with van der Waals surface area (Å²) in [6.07, 6.45) is 4.15. The molecule has 0 saturated carbocycles.